The Bertz CT molecular complexity index is 257. The summed E-state index contributed by atoms with van der Waals surface area (Å²) >= 11 is 2.08. The van der Waals surface area contributed by atoms with Crippen LogP contribution in [-0.2, 0) is 0 Å². The first kappa shape index (κ1) is 14.7. The lowest BCUT2D eigenvalue weighted by atomic mass is 9.73. The minimum absolute atomic E-state index is 0.0448. The molecule has 0 spiro atoms. The van der Waals surface area contributed by atoms with E-state index in [0.29, 0.717) is 17.1 Å². The van der Waals surface area contributed by atoms with Crippen LogP contribution in [0.1, 0.15) is 52.4 Å². The van der Waals surface area contributed by atoms with E-state index in [1.165, 1.54) is 18.6 Å². The van der Waals surface area contributed by atoms with Crippen LogP contribution < -0.4 is 0 Å². The zero-order chi connectivity index (χ0) is 13.1. The van der Waals surface area contributed by atoms with Crippen molar-refractivity contribution >= 4 is 11.8 Å². The van der Waals surface area contributed by atoms with Gasteiger partial charge in [0.15, 0.2) is 0 Å². The molecule has 106 valence electrons. The summed E-state index contributed by atoms with van der Waals surface area (Å²) in [6.07, 6.45) is 6.24. The molecule has 5 unspecified atom stereocenters. The van der Waals surface area contributed by atoms with Crippen molar-refractivity contribution in [3.63, 3.8) is 0 Å². The molecule has 2 aliphatic rings. The van der Waals surface area contributed by atoms with Gasteiger partial charge < -0.3 is 10.2 Å². The van der Waals surface area contributed by atoms with Gasteiger partial charge in [-0.3, -0.25) is 0 Å². The molecule has 0 radical (unpaired) electrons. The van der Waals surface area contributed by atoms with Gasteiger partial charge in [0.2, 0.25) is 0 Å². The largest absolute Gasteiger partial charge is 0.393 e. The summed E-state index contributed by atoms with van der Waals surface area (Å²) in [7, 11) is 0. The van der Waals surface area contributed by atoms with Crippen molar-refractivity contribution in [1.29, 1.82) is 0 Å². The second-order valence-electron chi connectivity index (χ2n) is 6.56. The Labute approximate surface area is 116 Å². The summed E-state index contributed by atoms with van der Waals surface area (Å²) in [5.41, 5.74) is 0. The lowest BCUT2D eigenvalue weighted by molar-refractivity contribution is 0.0569. The Hall–Kier alpha value is 0.270. The van der Waals surface area contributed by atoms with Crippen molar-refractivity contribution in [2.75, 3.05) is 5.75 Å². The maximum atomic E-state index is 9.82. The van der Waals surface area contributed by atoms with Gasteiger partial charge >= 0.3 is 0 Å². The zero-order valence-corrected chi connectivity index (χ0v) is 12.5. The molecule has 0 aliphatic heterocycles. The quantitative estimate of drug-likeness (QED) is 0.826. The van der Waals surface area contributed by atoms with E-state index in [4.69, 9.17) is 0 Å². The molecule has 2 saturated carbocycles. The average Bonchev–Trinajstić information content (AvgIpc) is 2.73. The highest BCUT2D eigenvalue weighted by Gasteiger charge is 2.32. The Balaban J connectivity index is 1.79. The van der Waals surface area contributed by atoms with E-state index >= 15 is 0 Å². The zero-order valence-electron chi connectivity index (χ0n) is 11.7. The minimum atomic E-state index is -0.0630. The fraction of sp³-hybridized carbons (Fsp3) is 1.00. The number of thioether (sulfide) groups is 1. The summed E-state index contributed by atoms with van der Waals surface area (Å²) in [6.45, 7) is 4.58. The van der Waals surface area contributed by atoms with Crippen LogP contribution in [0.15, 0.2) is 0 Å². The molecule has 0 bridgehead atoms. The summed E-state index contributed by atoms with van der Waals surface area (Å²) < 4.78 is 0. The van der Waals surface area contributed by atoms with Gasteiger partial charge in [-0.15, -0.1) is 0 Å². The molecule has 3 heteroatoms. The van der Waals surface area contributed by atoms with E-state index in [1.54, 1.807) is 0 Å². The molecule has 2 rings (SSSR count). The Morgan fingerprint density at radius 2 is 1.67 bits per heavy atom. The van der Waals surface area contributed by atoms with Crippen molar-refractivity contribution in [1.82, 2.24) is 0 Å². The molecule has 2 fully saturated rings. The van der Waals surface area contributed by atoms with E-state index in [9.17, 15) is 10.2 Å². The average molecular weight is 272 g/mol. The van der Waals surface area contributed by atoms with E-state index in [0.717, 1.165) is 31.6 Å². The Kier molecular flexibility index (Phi) is 5.40. The maximum absolute atomic E-state index is 9.82. The van der Waals surface area contributed by atoms with Crippen LogP contribution in [0.25, 0.3) is 0 Å². The summed E-state index contributed by atoms with van der Waals surface area (Å²) in [5.74, 6) is 3.37. The lowest BCUT2D eigenvalue weighted by Gasteiger charge is -2.37. The molecule has 18 heavy (non-hydrogen) atoms. The predicted octanol–water partition coefficient (Wildman–Crippen LogP) is 3.07. The number of aliphatic hydroxyl groups is 2. The van der Waals surface area contributed by atoms with Crippen LogP contribution in [0.2, 0.25) is 0 Å². The van der Waals surface area contributed by atoms with Crippen molar-refractivity contribution in [2.45, 2.75) is 69.8 Å². The smallest absolute Gasteiger partial charge is 0.0551 e. The fourth-order valence-electron chi connectivity index (χ4n) is 3.60. The third-order valence-corrected chi connectivity index (χ3v) is 6.30. The van der Waals surface area contributed by atoms with Crippen molar-refractivity contribution in [2.24, 2.45) is 17.8 Å². The molecule has 2 nitrogen and oxygen atoms in total. The van der Waals surface area contributed by atoms with Gasteiger partial charge in [0, 0.05) is 5.25 Å². The third-order valence-electron chi connectivity index (χ3n) is 4.78. The van der Waals surface area contributed by atoms with Crippen molar-refractivity contribution in [3.05, 3.63) is 0 Å². The predicted molar refractivity (Wildman–Crippen MR) is 77.8 cm³/mol. The highest BCUT2D eigenvalue weighted by molar-refractivity contribution is 7.99. The van der Waals surface area contributed by atoms with Gasteiger partial charge in [-0.25, -0.2) is 0 Å². The normalized spacial score (nSPS) is 41.5. The molecular weight excluding hydrogens is 244 g/mol. The van der Waals surface area contributed by atoms with Gasteiger partial charge in [-0.1, -0.05) is 13.8 Å². The summed E-state index contributed by atoms with van der Waals surface area (Å²) in [6, 6.07) is 0. The van der Waals surface area contributed by atoms with Gasteiger partial charge in [0.1, 0.15) is 0 Å². The topological polar surface area (TPSA) is 40.5 Å². The number of rotatable bonds is 4. The van der Waals surface area contributed by atoms with Crippen LogP contribution >= 0.6 is 11.8 Å². The molecule has 2 N–H and O–H groups in total. The molecule has 0 aromatic rings. The SMILES string of the molecule is CC(C)C1CC(O)CCC1CSC1CCC(O)C1. The Morgan fingerprint density at radius 1 is 1.00 bits per heavy atom. The molecular formula is C15H28O2S. The molecule has 0 aromatic heterocycles. The van der Waals surface area contributed by atoms with Crippen LogP contribution in [0.4, 0.5) is 0 Å². The van der Waals surface area contributed by atoms with Gasteiger partial charge in [-0.05, 0) is 62.0 Å². The molecule has 5 atom stereocenters. The fourth-order valence-corrected chi connectivity index (χ4v) is 5.19. The molecule has 2 aliphatic carbocycles. The highest BCUT2D eigenvalue weighted by atomic mass is 32.2. The first-order valence-corrected chi connectivity index (χ1v) is 8.59. The second kappa shape index (κ2) is 6.62. The summed E-state index contributed by atoms with van der Waals surface area (Å²) in [5, 5.41) is 20.1. The second-order valence-corrected chi connectivity index (χ2v) is 7.89. The van der Waals surface area contributed by atoms with Crippen molar-refractivity contribution in [3.8, 4) is 0 Å². The summed E-state index contributed by atoms with van der Waals surface area (Å²) in [4.78, 5) is 0. The number of hydrogen-bond donors (Lipinski definition) is 2. The van der Waals surface area contributed by atoms with Crippen LogP contribution in [0.5, 0.6) is 0 Å². The molecule has 0 saturated heterocycles. The molecule has 0 heterocycles. The van der Waals surface area contributed by atoms with E-state index in [2.05, 4.69) is 25.6 Å². The van der Waals surface area contributed by atoms with Crippen LogP contribution in [0, 0.1) is 17.8 Å². The number of hydrogen-bond acceptors (Lipinski definition) is 3. The standard InChI is InChI=1S/C15H28O2S/c1-10(2)15-8-13(17)4-3-11(15)9-18-14-6-5-12(16)7-14/h10-17H,3-9H2,1-2H3. The Morgan fingerprint density at radius 3 is 2.28 bits per heavy atom. The lowest BCUT2D eigenvalue weighted by Crippen LogP contribution is -2.32. The van der Waals surface area contributed by atoms with Gasteiger partial charge in [0.05, 0.1) is 12.2 Å². The first-order valence-electron chi connectivity index (χ1n) is 7.54. The monoisotopic (exact) mass is 272 g/mol. The van der Waals surface area contributed by atoms with Crippen molar-refractivity contribution < 1.29 is 10.2 Å². The van der Waals surface area contributed by atoms with E-state index in [1.807, 2.05) is 0 Å². The first-order chi connectivity index (χ1) is 8.56. The molecule has 0 amide bonds. The number of aliphatic hydroxyl groups excluding tert-OH is 2. The maximum Gasteiger partial charge on any atom is 0.0551 e. The third kappa shape index (κ3) is 3.88. The van der Waals surface area contributed by atoms with Gasteiger partial charge in [-0.2, -0.15) is 11.8 Å². The van der Waals surface area contributed by atoms with E-state index in [-0.39, 0.29) is 12.2 Å². The van der Waals surface area contributed by atoms with Crippen LogP contribution in [-0.4, -0.2) is 33.4 Å². The highest BCUT2D eigenvalue weighted by Crippen LogP contribution is 2.39. The van der Waals surface area contributed by atoms with Crippen LogP contribution in [0.3, 0.4) is 0 Å². The van der Waals surface area contributed by atoms with E-state index < -0.39 is 0 Å². The minimum Gasteiger partial charge on any atom is -0.393 e. The molecule has 0 aromatic carbocycles. The van der Waals surface area contributed by atoms with Gasteiger partial charge in [0.25, 0.3) is 0 Å².